The van der Waals surface area contributed by atoms with Crippen LogP contribution < -0.4 is 5.63 Å². The summed E-state index contributed by atoms with van der Waals surface area (Å²) < 4.78 is 17.6. The standard InChI is InChI=1S/C16H18FNO4/c17-6-7-18-13(19)9-12-15(16(18)21)11(8-14(20)22-12)3-1-2-10-4-5-10/h8,10H,1-7,9H2. The first-order valence-electron chi connectivity index (χ1n) is 7.66. The van der Waals surface area contributed by atoms with Crippen molar-refractivity contribution in [1.82, 2.24) is 4.90 Å². The van der Waals surface area contributed by atoms with Crippen LogP contribution in [-0.2, 0) is 17.6 Å². The zero-order valence-corrected chi connectivity index (χ0v) is 12.3. The third-order valence-electron chi connectivity index (χ3n) is 4.25. The normalized spacial score (nSPS) is 17.8. The quantitative estimate of drug-likeness (QED) is 0.752. The lowest BCUT2D eigenvalue weighted by atomic mass is 9.96. The van der Waals surface area contributed by atoms with Crippen molar-refractivity contribution in [3.05, 3.63) is 33.4 Å². The highest BCUT2D eigenvalue weighted by atomic mass is 19.1. The summed E-state index contributed by atoms with van der Waals surface area (Å²) in [6, 6.07) is 1.33. The van der Waals surface area contributed by atoms with E-state index in [1.165, 1.54) is 18.9 Å². The SMILES string of the molecule is O=C1Cc2oc(=O)cc(CCCC3CC3)c2C(=O)N1CCF. The summed E-state index contributed by atoms with van der Waals surface area (Å²) in [5.41, 5.74) is 0.358. The Balaban J connectivity index is 1.89. The molecular formula is C16H18FNO4. The van der Waals surface area contributed by atoms with Crippen molar-refractivity contribution >= 4 is 11.8 Å². The lowest BCUT2D eigenvalue weighted by Crippen LogP contribution is -2.44. The van der Waals surface area contributed by atoms with Crippen LogP contribution in [-0.4, -0.2) is 29.9 Å². The number of alkyl halides is 1. The van der Waals surface area contributed by atoms with Gasteiger partial charge in [0.1, 0.15) is 12.4 Å². The number of nitrogens with zero attached hydrogens (tertiary/aromatic N) is 1. The average Bonchev–Trinajstić information content (AvgIpc) is 3.26. The number of rotatable bonds is 6. The van der Waals surface area contributed by atoms with Gasteiger partial charge in [-0.25, -0.2) is 9.18 Å². The van der Waals surface area contributed by atoms with E-state index >= 15 is 0 Å². The van der Waals surface area contributed by atoms with Gasteiger partial charge in [0, 0.05) is 6.07 Å². The maximum atomic E-state index is 12.5. The number of aryl methyl sites for hydroxylation is 1. The second kappa shape index (κ2) is 6.02. The van der Waals surface area contributed by atoms with E-state index in [4.69, 9.17) is 4.42 Å². The van der Waals surface area contributed by atoms with Crippen molar-refractivity contribution < 1.29 is 18.4 Å². The number of hydrogen-bond donors (Lipinski definition) is 0. The first kappa shape index (κ1) is 14.9. The second-order valence-corrected chi connectivity index (χ2v) is 5.94. The van der Waals surface area contributed by atoms with Crippen molar-refractivity contribution in [3.63, 3.8) is 0 Å². The van der Waals surface area contributed by atoms with Gasteiger partial charge >= 0.3 is 5.63 Å². The molecule has 0 aromatic carbocycles. The molecule has 1 saturated carbocycles. The molecule has 1 aliphatic heterocycles. The summed E-state index contributed by atoms with van der Waals surface area (Å²) in [5, 5.41) is 0. The van der Waals surface area contributed by atoms with Gasteiger partial charge < -0.3 is 4.42 Å². The Morgan fingerprint density at radius 2 is 2.05 bits per heavy atom. The van der Waals surface area contributed by atoms with Crippen LogP contribution in [0.15, 0.2) is 15.3 Å². The highest BCUT2D eigenvalue weighted by molar-refractivity contribution is 6.09. The molecule has 5 nitrogen and oxygen atoms in total. The molecule has 22 heavy (non-hydrogen) atoms. The molecule has 0 N–H and O–H groups in total. The Morgan fingerprint density at radius 1 is 1.27 bits per heavy atom. The Morgan fingerprint density at radius 3 is 2.73 bits per heavy atom. The highest BCUT2D eigenvalue weighted by Crippen LogP contribution is 2.34. The lowest BCUT2D eigenvalue weighted by Gasteiger charge is -2.26. The van der Waals surface area contributed by atoms with Crippen molar-refractivity contribution in [3.8, 4) is 0 Å². The maximum absolute atomic E-state index is 12.5. The first-order valence-corrected chi connectivity index (χ1v) is 7.66. The lowest BCUT2D eigenvalue weighted by molar-refractivity contribution is -0.128. The monoisotopic (exact) mass is 307 g/mol. The summed E-state index contributed by atoms with van der Waals surface area (Å²) in [4.78, 5) is 36.8. The topological polar surface area (TPSA) is 67.6 Å². The van der Waals surface area contributed by atoms with Gasteiger partial charge in [-0.15, -0.1) is 0 Å². The summed E-state index contributed by atoms with van der Waals surface area (Å²) in [6.07, 6.45) is 4.93. The molecule has 0 spiro atoms. The second-order valence-electron chi connectivity index (χ2n) is 5.94. The van der Waals surface area contributed by atoms with Gasteiger partial charge in [-0.3, -0.25) is 14.5 Å². The van der Waals surface area contributed by atoms with Crippen molar-refractivity contribution in [2.24, 2.45) is 5.92 Å². The van der Waals surface area contributed by atoms with Gasteiger partial charge in [0.2, 0.25) is 5.91 Å². The van der Waals surface area contributed by atoms with Crippen LogP contribution in [0.5, 0.6) is 0 Å². The third-order valence-corrected chi connectivity index (χ3v) is 4.25. The predicted octanol–water partition coefficient (Wildman–Crippen LogP) is 1.87. The number of halogens is 1. The molecule has 1 aromatic heterocycles. The van der Waals surface area contributed by atoms with Crippen LogP contribution in [0, 0.1) is 5.92 Å². The fraction of sp³-hybridized carbons (Fsp3) is 0.562. The molecule has 1 fully saturated rings. The Bertz CT molecular complexity index is 663. The van der Waals surface area contributed by atoms with Crippen molar-refractivity contribution in [2.75, 3.05) is 13.2 Å². The van der Waals surface area contributed by atoms with Gasteiger partial charge in [0.05, 0.1) is 18.5 Å². The van der Waals surface area contributed by atoms with E-state index in [0.29, 0.717) is 12.0 Å². The fourth-order valence-electron chi connectivity index (χ4n) is 2.95. The molecule has 1 aromatic rings. The van der Waals surface area contributed by atoms with Crippen LogP contribution in [0.3, 0.4) is 0 Å². The van der Waals surface area contributed by atoms with Crippen LogP contribution in [0.1, 0.15) is 47.4 Å². The van der Waals surface area contributed by atoms with Gasteiger partial charge in [-0.1, -0.05) is 19.3 Å². The van der Waals surface area contributed by atoms with Gasteiger partial charge in [-0.05, 0) is 24.3 Å². The molecule has 0 unspecified atom stereocenters. The highest BCUT2D eigenvalue weighted by Gasteiger charge is 2.34. The van der Waals surface area contributed by atoms with E-state index in [2.05, 4.69) is 0 Å². The van der Waals surface area contributed by atoms with E-state index in [9.17, 15) is 18.8 Å². The summed E-state index contributed by atoms with van der Waals surface area (Å²) in [5.74, 6) is -0.169. The van der Waals surface area contributed by atoms with Crippen LogP contribution in [0.2, 0.25) is 0 Å². The number of imide groups is 1. The summed E-state index contributed by atoms with van der Waals surface area (Å²) in [6.45, 7) is -1.03. The van der Waals surface area contributed by atoms with Crippen LogP contribution in [0.4, 0.5) is 4.39 Å². The largest absolute Gasteiger partial charge is 0.426 e. The maximum Gasteiger partial charge on any atom is 0.336 e. The third kappa shape index (κ3) is 2.96. The number of carbonyl (C=O) groups excluding carboxylic acids is 2. The van der Waals surface area contributed by atoms with Crippen molar-refractivity contribution in [1.29, 1.82) is 0 Å². The number of carbonyl (C=O) groups is 2. The van der Waals surface area contributed by atoms with E-state index < -0.39 is 24.1 Å². The minimum atomic E-state index is -0.777. The van der Waals surface area contributed by atoms with Crippen LogP contribution in [0.25, 0.3) is 0 Å². The molecule has 118 valence electrons. The smallest absolute Gasteiger partial charge is 0.336 e. The fourth-order valence-corrected chi connectivity index (χ4v) is 2.95. The van der Waals surface area contributed by atoms with Crippen molar-refractivity contribution in [2.45, 2.75) is 38.5 Å². The minimum Gasteiger partial charge on any atom is -0.426 e. The van der Waals surface area contributed by atoms with Gasteiger partial charge in [0.25, 0.3) is 5.91 Å². The molecule has 2 amide bonds. The average molecular weight is 307 g/mol. The molecule has 6 heteroatoms. The molecule has 3 rings (SSSR count). The van der Waals surface area contributed by atoms with Crippen LogP contribution >= 0.6 is 0 Å². The van der Waals surface area contributed by atoms with E-state index in [1.54, 1.807) is 0 Å². The Kier molecular flexibility index (Phi) is 4.09. The molecular weight excluding hydrogens is 289 g/mol. The Labute approximate surface area is 127 Å². The number of amides is 2. The zero-order chi connectivity index (χ0) is 15.7. The molecule has 1 aliphatic carbocycles. The number of fused-ring (bicyclic) bond motifs is 1. The number of hydrogen-bond acceptors (Lipinski definition) is 4. The minimum absolute atomic E-state index is 0.124. The molecule has 0 saturated heterocycles. The molecule has 2 aliphatic rings. The van der Waals surface area contributed by atoms with E-state index in [-0.39, 0.29) is 24.3 Å². The molecule has 0 bridgehead atoms. The zero-order valence-electron chi connectivity index (χ0n) is 12.3. The summed E-state index contributed by atoms with van der Waals surface area (Å²) in [7, 11) is 0. The van der Waals surface area contributed by atoms with E-state index in [0.717, 1.165) is 23.7 Å². The van der Waals surface area contributed by atoms with Gasteiger partial charge in [0.15, 0.2) is 0 Å². The molecule has 0 atom stereocenters. The summed E-state index contributed by atoms with van der Waals surface area (Å²) >= 11 is 0. The first-order chi connectivity index (χ1) is 10.6. The van der Waals surface area contributed by atoms with E-state index in [1.807, 2.05) is 0 Å². The van der Waals surface area contributed by atoms with Gasteiger partial charge in [-0.2, -0.15) is 0 Å². The molecule has 2 heterocycles. The Hall–Kier alpha value is -1.98. The molecule has 0 radical (unpaired) electrons. The predicted molar refractivity (Wildman–Crippen MR) is 76.4 cm³/mol.